The molecule has 3 rings (SSSR count). The standard InChI is InChI=1S/C15H23N3O2/c1-11-16-15(20-17-11)10-18-9-5-4-7-13(18)12-6-2-3-8-14(12)19/h12-13H,2-10H2,1H3. The number of nitrogens with zero attached hydrogens (tertiary/aromatic N) is 3. The molecule has 0 bridgehead atoms. The molecule has 1 aromatic heterocycles. The Morgan fingerprint density at radius 3 is 2.85 bits per heavy atom. The molecule has 1 aromatic rings. The fraction of sp³-hybridized carbons (Fsp3) is 0.800. The average Bonchev–Trinajstić information content (AvgIpc) is 2.86. The second-order valence-corrected chi connectivity index (χ2v) is 6.09. The van der Waals surface area contributed by atoms with Crippen LogP contribution in [0.4, 0.5) is 0 Å². The Kier molecular flexibility index (Phi) is 4.15. The lowest BCUT2D eigenvalue weighted by Crippen LogP contribution is -2.47. The number of aromatic nitrogens is 2. The fourth-order valence-electron chi connectivity index (χ4n) is 3.66. The van der Waals surface area contributed by atoms with Crippen molar-refractivity contribution in [3.05, 3.63) is 11.7 Å². The Balaban J connectivity index is 1.71. The molecule has 5 nitrogen and oxygen atoms in total. The average molecular weight is 277 g/mol. The van der Waals surface area contributed by atoms with Crippen LogP contribution in [0.5, 0.6) is 0 Å². The summed E-state index contributed by atoms with van der Waals surface area (Å²) in [5.74, 6) is 2.06. The predicted octanol–water partition coefficient (Wildman–Crippen LogP) is 2.49. The van der Waals surface area contributed by atoms with Crippen LogP contribution in [0.1, 0.15) is 56.7 Å². The first-order chi connectivity index (χ1) is 9.74. The minimum atomic E-state index is 0.230. The van der Waals surface area contributed by atoms with Crippen LogP contribution in [0.25, 0.3) is 0 Å². The highest BCUT2D eigenvalue weighted by atomic mass is 16.5. The van der Waals surface area contributed by atoms with Crippen molar-refractivity contribution in [3.63, 3.8) is 0 Å². The zero-order chi connectivity index (χ0) is 13.9. The van der Waals surface area contributed by atoms with E-state index in [0.29, 0.717) is 30.1 Å². The Bertz CT molecular complexity index is 471. The van der Waals surface area contributed by atoms with Crippen molar-refractivity contribution in [3.8, 4) is 0 Å². The van der Waals surface area contributed by atoms with Crippen molar-refractivity contribution in [2.24, 2.45) is 5.92 Å². The summed E-state index contributed by atoms with van der Waals surface area (Å²) >= 11 is 0. The predicted molar refractivity (Wildman–Crippen MR) is 74.0 cm³/mol. The lowest BCUT2D eigenvalue weighted by Gasteiger charge is -2.40. The summed E-state index contributed by atoms with van der Waals surface area (Å²) in [5, 5.41) is 3.85. The van der Waals surface area contributed by atoms with Crippen LogP contribution in [0.3, 0.4) is 0 Å². The molecule has 1 saturated heterocycles. The van der Waals surface area contributed by atoms with Crippen LogP contribution in [-0.2, 0) is 11.3 Å². The molecular formula is C15H23N3O2. The van der Waals surface area contributed by atoms with E-state index in [-0.39, 0.29) is 5.92 Å². The number of likely N-dealkylation sites (tertiary alicyclic amines) is 1. The summed E-state index contributed by atoms with van der Waals surface area (Å²) in [4.78, 5) is 18.9. The molecule has 2 fully saturated rings. The van der Waals surface area contributed by atoms with Gasteiger partial charge in [-0.1, -0.05) is 18.0 Å². The SMILES string of the molecule is Cc1noc(CN2CCCCC2C2CCCCC2=O)n1. The smallest absolute Gasteiger partial charge is 0.240 e. The van der Waals surface area contributed by atoms with Crippen molar-refractivity contribution in [2.45, 2.75) is 64.5 Å². The van der Waals surface area contributed by atoms with Crippen LogP contribution >= 0.6 is 0 Å². The molecule has 20 heavy (non-hydrogen) atoms. The van der Waals surface area contributed by atoms with Gasteiger partial charge in [-0.05, 0) is 39.2 Å². The van der Waals surface area contributed by atoms with Gasteiger partial charge in [0.25, 0.3) is 0 Å². The summed E-state index contributed by atoms with van der Waals surface area (Å²) in [6, 6.07) is 0.378. The Morgan fingerprint density at radius 2 is 2.10 bits per heavy atom. The molecule has 2 unspecified atom stereocenters. The molecule has 0 aromatic carbocycles. The molecule has 2 heterocycles. The van der Waals surface area contributed by atoms with Gasteiger partial charge in [0.2, 0.25) is 5.89 Å². The number of piperidine rings is 1. The van der Waals surface area contributed by atoms with Crippen molar-refractivity contribution in [2.75, 3.05) is 6.54 Å². The summed E-state index contributed by atoms with van der Waals surface area (Å²) in [6.45, 7) is 3.57. The number of Topliss-reactive ketones (excluding diaryl/α,β-unsaturated/α-hetero) is 1. The number of ketones is 1. The zero-order valence-corrected chi connectivity index (χ0v) is 12.2. The minimum absolute atomic E-state index is 0.230. The van der Waals surface area contributed by atoms with Crippen LogP contribution < -0.4 is 0 Å². The second-order valence-electron chi connectivity index (χ2n) is 6.09. The molecule has 1 saturated carbocycles. The summed E-state index contributed by atoms with van der Waals surface area (Å²) in [5.41, 5.74) is 0. The maximum absolute atomic E-state index is 12.2. The molecule has 0 amide bonds. The molecule has 1 aliphatic carbocycles. The van der Waals surface area contributed by atoms with Crippen LogP contribution in [0.2, 0.25) is 0 Å². The normalized spacial score (nSPS) is 28.8. The van der Waals surface area contributed by atoms with Gasteiger partial charge in [0.15, 0.2) is 5.82 Å². The first-order valence-electron chi connectivity index (χ1n) is 7.80. The van der Waals surface area contributed by atoms with Crippen LogP contribution in [0, 0.1) is 12.8 Å². The second kappa shape index (κ2) is 6.04. The molecule has 110 valence electrons. The van der Waals surface area contributed by atoms with Crippen LogP contribution in [0.15, 0.2) is 4.52 Å². The quantitative estimate of drug-likeness (QED) is 0.849. The maximum atomic E-state index is 12.2. The number of carbonyl (C=O) groups is 1. The Labute approximate surface area is 119 Å². The number of hydrogen-bond donors (Lipinski definition) is 0. The van der Waals surface area contributed by atoms with Gasteiger partial charge in [0.1, 0.15) is 5.78 Å². The molecule has 2 aliphatic rings. The lowest BCUT2D eigenvalue weighted by atomic mass is 9.79. The minimum Gasteiger partial charge on any atom is -0.338 e. The van der Waals surface area contributed by atoms with Gasteiger partial charge in [0, 0.05) is 18.4 Å². The number of rotatable bonds is 3. The highest BCUT2D eigenvalue weighted by Crippen LogP contribution is 2.32. The van der Waals surface area contributed by atoms with Crippen molar-refractivity contribution >= 4 is 5.78 Å². The third kappa shape index (κ3) is 2.92. The van der Waals surface area contributed by atoms with Gasteiger partial charge in [-0.15, -0.1) is 0 Å². The van der Waals surface area contributed by atoms with Crippen molar-refractivity contribution in [1.82, 2.24) is 15.0 Å². The molecule has 2 atom stereocenters. The molecule has 0 radical (unpaired) electrons. The first kappa shape index (κ1) is 13.7. The van der Waals surface area contributed by atoms with Crippen molar-refractivity contribution in [1.29, 1.82) is 0 Å². The van der Waals surface area contributed by atoms with Crippen molar-refractivity contribution < 1.29 is 9.32 Å². The van der Waals surface area contributed by atoms with E-state index < -0.39 is 0 Å². The van der Waals surface area contributed by atoms with E-state index in [1.165, 1.54) is 19.3 Å². The van der Waals surface area contributed by atoms with E-state index in [9.17, 15) is 4.79 Å². The summed E-state index contributed by atoms with van der Waals surface area (Å²) in [7, 11) is 0. The van der Waals surface area contributed by atoms with Crippen LogP contribution in [-0.4, -0.2) is 33.4 Å². The van der Waals surface area contributed by atoms with Gasteiger partial charge in [0.05, 0.1) is 6.54 Å². The van der Waals surface area contributed by atoms with E-state index in [1.807, 2.05) is 6.92 Å². The number of aryl methyl sites for hydroxylation is 1. The van der Waals surface area contributed by atoms with Gasteiger partial charge in [-0.3, -0.25) is 9.69 Å². The highest BCUT2D eigenvalue weighted by Gasteiger charge is 2.35. The summed E-state index contributed by atoms with van der Waals surface area (Å²) < 4.78 is 5.24. The molecule has 1 aliphatic heterocycles. The van der Waals surface area contributed by atoms with E-state index in [1.54, 1.807) is 0 Å². The largest absolute Gasteiger partial charge is 0.338 e. The van der Waals surface area contributed by atoms with Gasteiger partial charge in [-0.25, -0.2) is 0 Å². The lowest BCUT2D eigenvalue weighted by molar-refractivity contribution is -0.128. The number of hydrogen-bond acceptors (Lipinski definition) is 5. The van der Waals surface area contributed by atoms with Gasteiger partial charge >= 0.3 is 0 Å². The third-order valence-corrected chi connectivity index (χ3v) is 4.64. The molecule has 5 heteroatoms. The molecule has 0 N–H and O–H groups in total. The first-order valence-corrected chi connectivity index (χ1v) is 7.80. The van der Waals surface area contributed by atoms with Gasteiger partial charge in [-0.2, -0.15) is 4.98 Å². The van der Waals surface area contributed by atoms with Gasteiger partial charge < -0.3 is 4.52 Å². The Hall–Kier alpha value is -1.23. The van der Waals surface area contributed by atoms with E-state index in [2.05, 4.69) is 15.0 Å². The third-order valence-electron chi connectivity index (χ3n) is 4.64. The Morgan fingerprint density at radius 1 is 1.25 bits per heavy atom. The van der Waals surface area contributed by atoms with E-state index in [4.69, 9.17) is 4.52 Å². The van der Waals surface area contributed by atoms with E-state index >= 15 is 0 Å². The maximum Gasteiger partial charge on any atom is 0.240 e. The number of carbonyl (C=O) groups excluding carboxylic acids is 1. The van der Waals surface area contributed by atoms with E-state index in [0.717, 1.165) is 32.2 Å². The zero-order valence-electron chi connectivity index (χ0n) is 12.2. The monoisotopic (exact) mass is 277 g/mol. The topological polar surface area (TPSA) is 59.2 Å². The summed E-state index contributed by atoms with van der Waals surface area (Å²) in [6.07, 6.45) is 7.66. The highest BCUT2D eigenvalue weighted by molar-refractivity contribution is 5.82. The molecule has 0 spiro atoms. The molecular weight excluding hydrogens is 254 g/mol. The fourth-order valence-corrected chi connectivity index (χ4v) is 3.66.